The number of halogens is 1. The van der Waals surface area contributed by atoms with Crippen LogP contribution in [0.25, 0.3) is 0 Å². The van der Waals surface area contributed by atoms with Gasteiger partial charge in [0.25, 0.3) is 0 Å². The molecule has 5 N–H and O–H groups in total. The minimum Gasteiger partial charge on any atom is -0.508 e. The number of carbonyl (C=O) groups is 1. The fourth-order valence-electron chi connectivity index (χ4n) is 1.73. The number of hydrogen-bond donors (Lipinski definition) is 4. The smallest absolute Gasteiger partial charge is 0.320 e. The molecule has 2 aromatic carbocycles. The average Bonchev–Trinajstić information content (AvgIpc) is 2.53. The molecule has 7 heteroatoms. The van der Waals surface area contributed by atoms with Crippen LogP contribution in [0.2, 0.25) is 0 Å². The van der Waals surface area contributed by atoms with Crippen molar-refractivity contribution in [2.75, 3.05) is 6.61 Å². The normalized spacial score (nSPS) is 11.2. The first-order valence-corrected chi connectivity index (χ1v) is 8.29. The Kier molecular flexibility index (Phi) is 8.51. The van der Waals surface area contributed by atoms with Gasteiger partial charge in [0.1, 0.15) is 23.3 Å². The van der Waals surface area contributed by atoms with E-state index in [2.05, 4.69) is 22.6 Å². The van der Waals surface area contributed by atoms with Gasteiger partial charge in [-0.1, -0.05) is 6.07 Å². The zero-order valence-corrected chi connectivity index (χ0v) is 15.3. The van der Waals surface area contributed by atoms with Crippen LogP contribution in [-0.2, 0) is 11.2 Å². The minimum absolute atomic E-state index is 0.176. The molecule has 0 aliphatic rings. The fourth-order valence-corrected chi connectivity index (χ4v) is 2.44. The van der Waals surface area contributed by atoms with Crippen LogP contribution in [0.15, 0.2) is 42.5 Å². The second-order valence-electron chi connectivity index (χ2n) is 4.81. The summed E-state index contributed by atoms with van der Waals surface area (Å²) in [6, 6.07) is 10.9. The summed E-state index contributed by atoms with van der Waals surface area (Å²) in [5, 5.41) is 25.6. The van der Waals surface area contributed by atoms with Crippen LogP contribution in [0.1, 0.15) is 12.5 Å². The largest absolute Gasteiger partial charge is 0.508 e. The number of carboxylic acids is 1. The lowest BCUT2D eigenvalue weighted by Gasteiger charge is -2.11. The summed E-state index contributed by atoms with van der Waals surface area (Å²) in [6.45, 7) is 1.93. The van der Waals surface area contributed by atoms with E-state index in [4.69, 9.17) is 20.7 Å². The highest BCUT2D eigenvalue weighted by Gasteiger charge is 2.14. The SMILES string of the molecule is CCO.NC(Cc1ccc(Oc2ccc(O)cc2)cc1I)C(=O)O. The second-order valence-corrected chi connectivity index (χ2v) is 5.98. The van der Waals surface area contributed by atoms with Crippen LogP contribution in [0.3, 0.4) is 0 Å². The van der Waals surface area contributed by atoms with Crippen LogP contribution >= 0.6 is 22.6 Å². The Bertz CT molecular complexity index is 661. The number of aliphatic hydroxyl groups is 1. The second kappa shape index (κ2) is 10.1. The molecule has 0 spiro atoms. The van der Waals surface area contributed by atoms with Gasteiger partial charge in [0.2, 0.25) is 0 Å². The number of nitrogens with two attached hydrogens (primary N) is 1. The van der Waals surface area contributed by atoms with E-state index in [1.165, 1.54) is 0 Å². The molecule has 0 heterocycles. The Hall–Kier alpha value is -1.84. The van der Waals surface area contributed by atoms with Crippen LogP contribution in [0.5, 0.6) is 17.2 Å². The number of benzene rings is 2. The topological polar surface area (TPSA) is 113 Å². The Morgan fingerprint density at radius 1 is 1.21 bits per heavy atom. The Balaban J connectivity index is 0.000000891. The van der Waals surface area contributed by atoms with Gasteiger partial charge in [0, 0.05) is 10.2 Å². The summed E-state index contributed by atoms with van der Waals surface area (Å²) in [4.78, 5) is 10.8. The van der Waals surface area contributed by atoms with Crippen molar-refractivity contribution in [3.8, 4) is 17.2 Å². The number of rotatable bonds is 5. The molecule has 130 valence electrons. The summed E-state index contributed by atoms with van der Waals surface area (Å²) in [5.41, 5.74) is 6.40. The molecule has 0 bridgehead atoms. The summed E-state index contributed by atoms with van der Waals surface area (Å²) < 4.78 is 6.55. The standard InChI is InChI=1S/C15H14INO4.C2H6O/c16-13-8-12(21-11-5-2-10(18)3-6-11)4-1-9(13)7-14(17)15(19)20;1-2-3/h1-6,8,14,18H,7,17H2,(H,19,20);3H,2H2,1H3. The third-order valence-electron chi connectivity index (χ3n) is 2.85. The van der Waals surface area contributed by atoms with Crippen molar-refractivity contribution in [1.82, 2.24) is 0 Å². The number of aliphatic carboxylic acids is 1. The zero-order valence-electron chi connectivity index (χ0n) is 13.1. The predicted octanol–water partition coefficient (Wildman–Crippen LogP) is 2.74. The quantitative estimate of drug-likeness (QED) is 0.527. The molecule has 0 aromatic heterocycles. The van der Waals surface area contributed by atoms with Gasteiger partial charge in [-0.2, -0.15) is 0 Å². The first kappa shape index (κ1) is 20.2. The van der Waals surface area contributed by atoms with E-state index in [0.717, 1.165) is 9.13 Å². The van der Waals surface area contributed by atoms with E-state index in [0.29, 0.717) is 11.5 Å². The maximum atomic E-state index is 10.8. The first-order chi connectivity index (χ1) is 11.4. The number of aromatic hydroxyl groups is 1. The summed E-state index contributed by atoms with van der Waals surface area (Å²) in [6.07, 6.45) is 0.271. The zero-order chi connectivity index (χ0) is 18.1. The number of phenolic OH excluding ortho intramolecular Hbond substituents is 1. The lowest BCUT2D eigenvalue weighted by molar-refractivity contribution is -0.138. The molecule has 0 amide bonds. The van der Waals surface area contributed by atoms with Crippen molar-refractivity contribution in [3.63, 3.8) is 0 Å². The molecule has 1 unspecified atom stereocenters. The minimum atomic E-state index is -1.02. The van der Waals surface area contributed by atoms with E-state index in [9.17, 15) is 9.90 Å². The fraction of sp³-hybridized carbons (Fsp3) is 0.235. The van der Waals surface area contributed by atoms with Gasteiger partial charge < -0.3 is 25.8 Å². The first-order valence-electron chi connectivity index (χ1n) is 7.22. The Labute approximate surface area is 154 Å². The molecule has 0 aliphatic heterocycles. The van der Waals surface area contributed by atoms with Crippen LogP contribution in [0.4, 0.5) is 0 Å². The third kappa shape index (κ3) is 6.73. The number of ether oxygens (including phenoxy) is 1. The lowest BCUT2D eigenvalue weighted by Crippen LogP contribution is -2.32. The van der Waals surface area contributed by atoms with Crippen LogP contribution < -0.4 is 10.5 Å². The number of hydrogen-bond acceptors (Lipinski definition) is 5. The molecule has 24 heavy (non-hydrogen) atoms. The lowest BCUT2D eigenvalue weighted by atomic mass is 10.1. The summed E-state index contributed by atoms with van der Waals surface area (Å²) in [7, 11) is 0. The monoisotopic (exact) mass is 445 g/mol. The van der Waals surface area contributed by atoms with Gasteiger partial charge in [0.15, 0.2) is 0 Å². The number of phenols is 1. The van der Waals surface area contributed by atoms with Crippen molar-refractivity contribution in [2.45, 2.75) is 19.4 Å². The van der Waals surface area contributed by atoms with Gasteiger partial charge in [-0.25, -0.2) is 0 Å². The molecular formula is C17H20INO5. The van der Waals surface area contributed by atoms with Crippen molar-refractivity contribution < 1.29 is 24.9 Å². The summed E-state index contributed by atoms with van der Waals surface area (Å²) >= 11 is 2.12. The van der Waals surface area contributed by atoms with Crippen molar-refractivity contribution in [1.29, 1.82) is 0 Å². The van der Waals surface area contributed by atoms with E-state index in [1.54, 1.807) is 43.3 Å². The number of aliphatic hydroxyl groups excluding tert-OH is 1. The van der Waals surface area contributed by atoms with Gasteiger partial charge in [-0.15, -0.1) is 0 Å². The van der Waals surface area contributed by atoms with Crippen molar-refractivity contribution in [2.24, 2.45) is 5.73 Å². The molecule has 0 saturated carbocycles. The number of carboxylic acid groups (broad SMARTS) is 1. The molecule has 2 rings (SSSR count). The molecule has 0 aliphatic carbocycles. The Morgan fingerprint density at radius 3 is 2.25 bits per heavy atom. The van der Waals surface area contributed by atoms with Gasteiger partial charge in [-0.3, -0.25) is 4.79 Å². The van der Waals surface area contributed by atoms with E-state index < -0.39 is 12.0 Å². The van der Waals surface area contributed by atoms with Gasteiger partial charge >= 0.3 is 5.97 Å². The van der Waals surface area contributed by atoms with E-state index in [-0.39, 0.29) is 18.8 Å². The average molecular weight is 445 g/mol. The van der Waals surface area contributed by atoms with Crippen LogP contribution in [0, 0.1) is 3.57 Å². The molecule has 0 saturated heterocycles. The molecule has 1 atom stereocenters. The van der Waals surface area contributed by atoms with E-state index in [1.807, 2.05) is 6.07 Å². The highest BCUT2D eigenvalue weighted by Crippen LogP contribution is 2.26. The maximum absolute atomic E-state index is 10.8. The molecular weight excluding hydrogens is 425 g/mol. The van der Waals surface area contributed by atoms with Crippen molar-refractivity contribution >= 4 is 28.6 Å². The molecule has 2 aromatic rings. The van der Waals surface area contributed by atoms with Gasteiger partial charge in [0.05, 0.1) is 0 Å². The van der Waals surface area contributed by atoms with Gasteiger partial charge in [-0.05, 0) is 77.9 Å². The molecule has 0 fully saturated rings. The molecule has 6 nitrogen and oxygen atoms in total. The molecule has 0 radical (unpaired) electrons. The maximum Gasteiger partial charge on any atom is 0.320 e. The van der Waals surface area contributed by atoms with E-state index >= 15 is 0 Å². The van der Waals surface area contributed by atoms with Crippen LogP contribution in [-0.4, -0.2) is 33.9 Å². The highest BCUT2D eigenvalue weighted by molar-refractivity contribution is 14.1. The summed E-state index contributed by atoms with van der Waals surface area (Å²) in [5.74, 6) is 0.404. The Morgan fingerprint density at radius 2 is 1.75 bits per heavy atom. The highest BCUT2D eigenvalue weighted by atomic mass is 127. The predicted molar refractivity (Wildman–Crippen MR) is 99.4 cm³/mol. The van der Waals surface area contributed by atoms with Crippen molar-refractivity contribution in [3.05, 3.63) is 51.6 Å². The third-order valence-corrected chi connectivity index (χ3v) is 3.86.